The van der Waals surface area contributed by atoms with E-state index in [0.717, 1.165) is 16.5 Å². The molecule has 92 valence electrons. The number of halogens is 1. The third-order valence-electron chi connectivity index (χ3n) is 2.98. The van der Waals surface area contributed by atoms with E-state index in [9.17, 15) is 4.79 Å². The van der Waals surface area contributed by atoms with Crippen molar-refractivity contribution in [2.75, 3.05) is 20.3 Å². The van der Waals surface area contributed by atoms with Crippen molar-refractivity contribution in [1.82, 2.24) is 0 Å². The van der Waals surface area contributed by atoms with Crippen molar-refractivity contribution in [3.63, 3.8) is 0 Å². The standard InChI is InChI=1S/C12H14BrNO3/c1-16-11(15)8-2-3-9(10(13)6-8)12(14)4-5-17-7-12/h2-3,6H,4-5,7,14H2,1H3. The monoisotopic (exact) mass is 299 g/mol. The molecule has 0 aliphatic carbocycles. The van der Waals surface area contributed by atoms with Gasteiger partial charge in [-0.1, -0.05) is 22.0 Å². The second kappa shape index (κ2) is 4.76. The molecule has 0 bridgehead atoms. The number of nitrogens with two attached hydrogens (primary N) is 1. The van der Waals surface area contributed by atoms with Crippen molar-refractivity contribution in [2.45, 2.75) is 12.0 Å². The summed E-state index contributed by atoms with van der Waals surface area (Å²) in [5.41, 5.74) is 7.27. The lowest BCUT2D eigenvalue weighted by Gasteiger charge is -2.24. The Kier molecular flexibility index (Phi) is 3.51. The molecule has 2 rings (SSSR count). The van der Waals surface area contributed by atoms with E-state index in [0.29, 0.717) is 18.8 Å². The van der Waals surface area contributed by atoms with Crippen LogP contribution in [0.5, 0.6) is 0 Å². The largest absolute Gasteiger partial charge is 0.465 e. The summed E-state index contributed by atoms with van der Waals surface area (Å²) in [6, 6.07) is 5.30. The van der Waals surface area contributed by atoms with E-state index < -0.39 is 5.54 Å². The molecule has 0 radical (unpaired) electrons. The van der Waals surface area contributed by atoms with E-state index in [4.69, 9.17) is 10.5 Å². The summed E-state index contributed by atoms with van der Waals surface area (Å²) in [5, 5.41) is 0. The third-order valence-corrected chi connectivity index (χ3v) is 3.63. The molecule has 1 unspecified atom stereocenters. The van der Waals surface area contributed by atoms with Crippen molar-refractivity contribution in [1.29, 1.82) is 0 Å². The summed E-state index contributed by atoms with van der Waals surface area (Å²) in [5.74, 6) is -0.356. The van der Waals surface area contributed by atoms with E-state index >= 15 is 0 Å². The molecular weight excluding hydrogens is 286 g/mol. The van der Waals surface area contributed by atoms with Crippen molar-refractivity contribution < 1.29 is 14.3 Å². The molecule has 1 aromatic rings. The SMILES string of the molecule is COC(=O)c1ccc(C2(N)CCOC2)c(Br)c1. The molecule has 1 aliphatic rings. The molecule has 0 aromatic heterocycles. The summed E-state index contributed by atoms with van der Waals surface area (Å²) >= 11 is 3.45. The molecule has 17 heavy (non-hydrogen) atoms. The van der Waals surface area contributed by atoms with Gasteiger partial charge in [0.1, 0.15) is 0 Å². The lowest BCUT2D eigenvalue weighted by atomic mass is 9.90. The fraction of sp³-hybridized carbons (Fsp3) is 0.417. The zero-order valence-electron chi connectivity index (χ0n) is 9.53. The molecule has 0 spiro atoms. The molecule has 2 N–H and O–H groups in total. The van der Waals surface area contributed by atoms with Gasteiger partial charge in [-0.25, -0.2) is 4.79 Å². The minimum Gasteiger partial charge on any atom is -0.465 e. The molecule has 1 aromatic carbocycles. The van der Waals surface area contributed by atoms with Crippen LogP contribution in [0, 0.1) is 0 Å². The van der Waals surface area contributed by atoms with Crippen LogP contribution in [-0.4, -0.2) is 26.3 Å². The summed E-state index contributed by atoms with van der Waals surface area (Å²) in [7, 11) is 1.36. The Bertz CT molecular complexity index is 441. The summed E-state index contributed by atoms with van der Waals surface area (Å²) < 4.78 is 10.8. The Balaban J connectivity index is 2.34. The Morgan fingerprint density at radius 1 is 1.59 bits per heavy atom. The first kappa shape index (κ1) is 12.5. The normalized spacial score (nSPS) is 23.7. The Morgan fingerprint density at radius 2 is 2.35 bits per heavy atom. The van der Waals surface area contributed by atoms with Crippen LogP contribution in [0.1, 0.15) is 22.3 Å². The van der Waals surface area contributed by atoms with Crippen LogP contribution in [0.15, 0.2) is 22.7 Å². The van der Waals surface area contributed by atoms with Crippen LogP contribution < -0.4 is 5.73 Å². The number of benzene rings is 1. The molecule has 1 fully saturated rings. The maximum atomic E-state index is 11.4. The third kappa shape index (κ3) is 2.36. The lowest BCUT2D eigenvalue weighted by molar-refractivity contribution is 0.0600. The summed E-state index contributed by atoms with van der Waals surface area (Å²) in [4.78, 5) is 11.4. The highest BCUT2D eigenvalue weighted by molar-refractivity contribution is 9.10. The van der Waals surface area contributed by atoms with Gasteiger partial charge in [0.05, 0.1) is 24.8 Å². The lowest BCUT2D eigenvalue weighted by Crippen LogP contribution is -2.37. The fourth-order valence-corrected chi connectivity index (χ4v) is 2.73. The van der Waals surface area contributed by atoms with Crippen LogP contribution in [0.3, 0.4) is 0 Å². The molecule has 1 heterocycles. The maximum absolute atomic E-state index is 11.4. The second-order valence-electron chi connectivity index (χ2n) is 4.14. The molecule has 5 heteroatoms. The van der Waals surface area contributed by atoms with Gasteiger partial charge >= 0.3 is 5.97 Å². The van der Waals surface area contributed by atoms with E-state index in [1.165, 1.54) is 7.11 Å². The Labute approximate surface area is 108 Å². The Morgan fingerprint density at radius 3 is 2.88 bits per heavy atom. The van der Waals surface area contributed by atoms with Gasteiger partial charge in [-0.2, -0.15) is 0 Å². The fourth-order valence-electron chi connectivity index (χ4n) is 1.96. The van der Waals surface area contributed by atoms with Gasteiger partial charge in [-0.3, -0.25) is 0 Å². The molecular formula is C12H14BrNO3. The topological polar surface area (TPSA) is 61.5 Å². The van der Waals surface area contributed by atoms with Crippen molar-refractivity contribution >= 4 is 21.9 Å². The number of hydrogen-bond acceptors (Lipinski definition) is 4. The Hall–Kier alpha value is -0.910. The summed E-state index contributed by atoms with van der Waals surface area (Å²) in [6.45, 7) is 1.17. The zero-order valence-corrected chi connectivity index (χ0v) is 11.1. The number of carbonyl (C=O) groups is 1. The van der Waals surface area contributed by atoms with Crippen LogP contribution in [0.25, 0.3) is 0 Å². The van der Waals surface area contributed by atoms with Crippen LogP contribution in [0.4, 0.5) is 0 Å². The number of hydrogen-bond donors (Lipinski definition) is 1. The van der Waals surface area contributed by atoms with Crippen molar-refractivity contribution in [3.05, 3.63) is 33.8 Å². The second-order valence-corrected chi connectivity index (χ2v) is 5.00. The highest BCUT2D eigenvalue weighted by Gasteiger charge is 2.34. The summed E-state index contributed by atoms with van der Waals surface area (Å²) in [6.07, 6.45) is 0.781. The molecule has 0 saturated carbocycles. The van der Waals surface area contributed by atoms with E-state index in [1.807, 2.05) is 6.07 Å². The predicted molar refractivity (Wildman–Crippen MR) is 66.8 cm³/mol. The van der Waals surface area contributed by atoms with E-state index in [-0.39, 0.29) is 5.97 Å². The number of methoxy groups -OCH3 is 1. The van der Waals surface area contributed by atoms with E-state index in [1.54, 1.807) is 12.1 Å². The van der Waals surface area contributed by atoms with Gasteiger partial charge in [0.15, 0.2) is 0 Å². The predicted octanol–water partition coefficient (Wildman–Crippen LogP) is 1.81. The highest BCUT2D eigenvalue weighted by atomic mass is 79.9. The van der Waals surface area contributed by atoms with Crippen molar-refractivity contribution in [3.8, 4) is 0 Å². The first-order valence-electron chi connectivity index (χ1n) is 5.32. The van der Waals surface area contributed by atoms with Gasteiger partial charge in [-0.05, 0) is 24.1 Å². The molecule has 1 aliphatic heterocycles. The first-order chi connectivity index (χ1) is 8.07. The number of ether oxygens (including phenoxy) is 2. The quantitative estimate of drug-likeness (QED) is 0.846. The highest BCUT2D eigenvalue weighted by Crippen LogP contribution is 2.33. The maximum Gasteiger partial charge on any atom is 0.337 e. The van der Waals surface area contributed by atoms with Gasteiger partial charge in [-0.15, -0.1) is 0 Å². The molecule has 1 saturated heterocycles. The van der Waals surface area contributed by atoms with Gasteiger partial charge in [0, 0.05) is 11.1 Å². The smallest absolute Gasteiger partial charge is 0.337 e. The first-order valence-corrected chi connectivity index (χ1v) is 6.11. The minimum atomic E-state index is -0.465. The molecule has 1 atom stereocenters. The minimum absolute atomic E-state index is 0.356. The van der Waals surface area contributed by atoms with Crippen LogP contribution >= 0.6 is 15.9 Å². The van der Waals surface area contributed by atoms with Crippen LogP contribution in [0.2, 0.25) is 0 Å². The zero-order chi connectivity index (χ0) is 12.5. The van der Waals surface area contributed by atoms with Gasteiger partial charge in [0.25, 0.3) is 0 Å². The number of rotatable bonds is 2. The average Bonchev–Trinajstić information content (AvgIpc) is 2.75. The average molecular weight is 300 g/mol. The van der Waals surface area contributed by atoms with E-state index in [2.05, 4.69) is 20.7 Å². The van der Waals surface area contributed by atoms with Crippen molar-refractivity contribution in [2.24, 2.45) is 5.73 Å². The van der Waals surface area contributed by atoms with Crippen LogP contribution in [-0.2, 0) is 15.0 Å². The van der Waals surface area contributed by atoms with Gasteiger partial charge < -0.3 is 15.2 Å². The number of carbonyl (C=O) groups excluding carboxylic acids is 1. The van der Waals surface area contributed by atoms with Gasteiger partial charge in [0.2, 0.25) is 0 Å². The number of esters is 1. The molecule has 0 amide bonds. The molecule has 4 nitrogen and oxygen atoms in total.